The smallest absolute Gasteiger partial charge is 0.290 e. The Morgan fingerprint density at radius 2 is 2.04 bits per heavy atom. The van der Waals surface area contributed by atoms with Crippen molar-refractivity contribution in [2.24, 2.45) is 0 Å². The van der Waals surface area contributed by atoms with E-state index >= 15 is 0 Å². The molecule has 1 aliphatic heterocycles. The van der Waals surface area contributed by atoms with E-state index in [1.54, 1.807) is 44.4 Å². The van der Waals surface area contributed by atoms with Gasteiger partial charge in [-0.3, -0.25) is 9.59 Å². The molecule has 28 heavy (non-hydrogen) atoms. The Balaban J connectivity index is 2.00. The lowest BCUT2D eigenvalue weighted by Gasteiger charge is -2.24. The van der Waals surface area contributed by atoms with Gasteiger partial charge in [-0.05, 0) is 42.3 Å². The van der Waals surface area contributed by atoms with E-state index in [0.29, 0.717) is 28.2 Å². The minimum Gasteiger partial charge on any atom is -0.508 e. The summed E-state index contributed by atoms with van der Waals surface area (Å²) in [6, 6.07) is 9.06. The van der Waals surface area contributed by atoms with E-state index in [1.165, 1.54) is 11.0 Å². The average molecular weight is 400 g/mol. The normalized spacial score (nSPS) is 16.0. The fourth-order valence-electron chi connectivity index (χ4n) is 3.60. The molecule has 2 aromatic carbocycles. The molecule has 0 aliphatic carbocycles. The van der Waals surface area contributed by atoms with Crippen LogP contribution in [0.25, 0.3) is 11.0 Å². The van der Waals surface area contributed by atoms with Gasteiger partial charge >= 0.3 is 0 Å². The van der Waals surface area contributed by atoms with Crippen LogP contribution in [-0.4, -0.2) is 36.2 Å². The highest BCUT2D eigenvalue weighted by Gasteiger charge is 2.42. The molecule has 1 atom stereocenters. The molecule has 3 aromatic rings. The molecule has 0 spiro atoms. The van der Waals surface area contributed by atoms with Crippen LogP contribution in [0.15, 0.2) is 45.6 Å². The fourth-order valence-corrected chi connectivity index (χ4v) is 3.77. The van der Waals surface area contributed by atoms with E-state index < -0.39 is 6.04 Å². The van der Waals surface area contributed by atoms with Crippen LogP contribution in [0.3, 0.4) is 0 Å². The van der Waals surface area contributed by atoms with Crippen molar-refractivity contribution in [3.63, 3.8) is 0 Å². The summed E-state index contributed by atoms with van der Waals surface area (Å²) in [6.45, 7) is 2.38. The van der Waals surface area contributed by atoms with Crippen LogP contribution in [-0.2, 0) is 4.74 Å². The third-order valence-corrected chi connectivity index (χ3v) is 5.38. The van der Waals surface area contributed by atoms with Crippen molar-refractivity contribution in [3.8, 4) is 5.75 Å². The van der Waals surface area contributed by atoms with Crippen molar-refractivity contribution in [1.29, 1.82) is 0 Å². The van der Waals surface area contributed by atoms with Crippen LogP contribution in [0.2, 0.25) is 5.02 Å². The highest BCUT2D eigenvalue weighted by atomic mass is 35.5. The fraction of sp³-hybridized carbons (Fsp3) is 0.238. The minimum absolute atomic E-state index is 0.0173. The Hall–Kier alpha value is -2.83. The van der Waals surface area contributed by atoms with Gasteiger partial charge in [0.15, 0.2) is 5.43 Å². The number of nitrogens with zero attached hydrogens (tertiary/aromatic N) is 1. The van der Waals surface area contributed by atoms with E-state index in [2.05, 4.69) is 0 Å². The number of amides is 1. The number of rotatable bonds is 4. The number of phenolic OH excluding ortho intramolecular Hbond substituents is 1. The minimum atomic E-state index is -0.675. The molecule has 1 aromatic heterocycles. The topological polar surface area (TPSA) is 80.0 Å². The summed E-state index contributed by atoms with van der Waals surface area (Å²) >= 11 is 6.20. The number of aromatic hydroxyl groups is 1. The number of methoxy groups -OCH3 is 1. The molecular formula is C21H18ClNO5. The number of fused-ring (bicyclic) bond motifs is 2. The number of benzene rings is 2. The zero-order chi connectivity index (χ0) is 20.0. The average Bonchev–Trinajstić information content (AvgIpc) is 2.94. The van der Waals surface area contributed by atoms with Crippen LogP contribution in [0.1, 0.15) is 33.3 Å². The van der Waals surface area contributed by atoms with E-state index in [9.17, 15) is 14.7 Å². The molecule has 1 N–H and O–H groups in total. The van der Waals surface area contributed by atoms with Crippen molar-refractivity contribution < 1.29 is 19.1 Å². The lowest BCUT2D eigenvalue weighted by molar-refractivity contribution is 0.0663. The van der Waals surface area contributed by atoms with Crippen LogP contribution < -0.4 is 5.43 Å². The molecule has 0 saturated heterocycles. The largest absolute Gasteiger partial charge is 0.508 e. The maximum Gasteiger partial charge on any atom is 0.290 e. The summed E-state index contributed by atoms with van der Waals surface area (Å²) in [6.07, 6.45) is 0. The van der Waals surface area contributed by atoms with E-state index in [4.69, 9.17) is 20.8 Å². The van der Waals surface area contributed by atoms with Crippen LogP contribution in [0.5, 0.6) is 5.75 Å². The Labute approximate surface area is 165 Å². The zero-order valence-corrected chi connectivity index (χ0v) is 16.1. The number of carbonyl (C=O) groups is 1. The molecule has 0 fully saturated rings. The second kappa shape index (κ2) is 6.96. The highest BCUT2D eigenvalue weighted by molar-refractivity contribution is 6.32. The van der Waals surface area contributed by atoms with Crippen LogP contribution in [0, 0.1) is 6.92 Å². The highest BCUT2D eigenvalue weighted by Crippen LogP contribution is 2.39. The molecule has 1 amide bonds. The van der Waals surface area contributed by atoms with Crippen molar-refractivity contribution in [2.75, 3.05) is 20.3 Å². The number of ether oxygens (including phenoxy) is 1. The van der Waals surface area contributed by atoms with E-state index in [-0.39, 0.29) is 35.0 Å². The number of phenols is 1. The SMILES string of the molecule is COCCN1C(=O)c2oc3cc(C)c(Cl)cc3c(=O)c2C1c1cccc(O)c1. The van der Waals surface area contributed by atoms with Crippen molar-refractivity contribution in [3.05, 3.63) is 74.1 Å². The van der Waals surface area contributed by atoms with Crippen molar-refractivity contribution in [1.82, 2.24) is 4.90 Å². The van der Waals surface area contributed by atoms with Gasteiger partial charge in [0.1, 0.15) is 11.3 Å². The van der Waals surface area contributed by atoms with E-state index in [0.717, 1.165) is 5.56 Å². The molecular weight excluding hydrogens is 382 g/mol. The summed E-state index contributed by atoms with van der Waals surface area (Å²) in [5, 5.41) is 10.7. The summed E-state index contributed by atoms with van der Waals surface area (Å²) in [7, 11) is 1.54. The molecule has 0 bridgehead atoms. The summed E-state index contributed by atoms with van der Waals surface area (Å²) in [4.78, 5) is 27.9. The van der Waals surface area contributed by atoms with Gasteiger partial charge in [0.25, 0.3) is 5.91 Å². The molecule has 0 radical (unpaired) electrons. The second-order valence-corrected chi connectivity index (χ2v) is 7.17. The lowest BCUT2D eigenvalue weighted by Crippen LogP contribution is -2.32. The standard InChI is InChI=1S/C21H18ClNO5/c1-11-8-16-14(10-15(11)22)19(25)17-18(12-4-3-5-13(24)9-12)23(6-7-27-2)21(26)20(17)28-16/h3-5,8-10,18,24H,6-7H2,1-2H3. The Bertz CT molecular complexity index is 1150. The van der Waals surface area contributed by atoms with Crippen molar-refractivity contribution >= 4 is 28.5 Å². The Morgan fingerprint density at radius 1 is 1.25 bits per heavy atom. The molecule has 1 unspecified atom stereocenters. The van der Waals surface area contributed by atoms with Gasteiger partial charge in [-0.25, -0.2) is 0 Å². The Kier molecular flexibility index (Phi) is 4.61. The zero-order valence-electron chi connectivity index (χ0n) is 15.4. The van der Waals surface area contributed by atoms with Gasteiger partial charge in [-0.15, -0.1) is 0 Å². The van der Waals surface area contributed by atoms with Gasteiger partial charge in [0, 0.05) is 18.7 Å². The number of halogens is 1. The first-order valence-corrected chi connectivity index (χ1v) is 9.16. The number of aryl methyl sites for hydroxylation is 1. The molecule has 4 rings (SSSR count). The molecule has 144 valence electrons. The third kappa shape index (κ3) is 2.85. The second-order valence-electron chi connectivity index (χ2n) is 6.76. The molecule has 7 heteroatoms. The molecule has 2 heterocycles. The first kappa shape index (κ1) is 18.5. The van der Waals surface area contributed by atoms with Gasteiger partial charge in [-0.1, -0.05) is 23.7 Å². The van der Waals surface area contributed by atoms with Crippen molar-refractivity contribution in [2.45, 2.75) is 13.0 Å². The maximum atomic E-state index is 13.3. The van der Waals surface area contributed by atoms with Gasteiger partial charge in [0.2, 0.25) is 5.76 Å². The van der Waals surface area contributed by atoms with Gasteiger partial charge in [-0.2, -0.15) is 0 Å². The molecule has 0 saturated carbocycles. The number of carbonyl (C=O) groups excluding carboxylic acids is 1. The summed E-state index contributed by atoms with van der Waals surface area (Å²) < 4.78 is 11.0. The van der Waals surface area contributed by atoms with Crippen LogP contribution >= 0.6 is 11.6 Å². The summed E-state index contributed by atoms with van der Waals surface area (Å²) in [5.74, 6) is -0.315. The third-order valence-electron chi connectivity index (χ3n) is 4.97. The van der Waals surface area contributed by atoms with E-state index in [1.807, 2.05) is 0 Å². The monoisotopic (exact) mass is 399 g/mol. The first-order valence-electron chi connectivity index (χ1n) is 8.78. The predicted molar refractivity (Wildman–Crippen MR) is 105 cm³/mol. The quantitative estimate of drug-likeness (QED) is 0.724. The molecule has 1 aliphatic rings. The number of hydrogen-bond acceptors (Lipinski definition) is 5. The molecule has 6 nitrogen and oxygen atoms in total. The number of hydrogen-bond donors (Lipinski definition) is 1. The van der Waals surface area contributed by atoms with Gasteiger partial charge < -0.3 is 19.2 Å². The lowest BCUT2D eigenvalue weighted by atomic mass is 9.98. The van der Waals surface area contributed by atoms with Crippen LogP contribution in [0.4, 0.5) is 0 Å². The van der Waals surface area contributed by atoms with Gasteiger partial charge in [0.05, 0.1) is 23.6 Å². The maximum absolute atomic E-state index is 13.3. The Morgan fingerprint density at radius 3 is 2.75 bits per heavy atom. The predicted octanol–water partition coefficient (Wildman–Crippen LogP) is 3.65. The first-order chi connectivity index (χ1) is 13.4. The summed E-state index contributed by atoms with van der Waals surface area (Å²) in [5.41, 5.74) is 1.64.